The Morgan fingerprint density at radius 3 is 1.60 bits per heavy atom. The second-order valence-corrected chi connectivity index (χ2v) is 5.93. The van der Waals surface area contributed by atoms with E-state index in [2.05, 4.69) is 34.1 Å². The summed E-state index contributed by atoms with van der Waals surface area (Å²) in [4.78, 5) is 4.55. The summed E-state index contributed by atoms with van der Waals surface area (Å²) in [5.41, 5.74) is 0. The molecule has 2 aromatic rings. The fourth-order valence-corrected chi connectivity index (χ4v) is 4.59. The van der Waals surface area contributed by atoms with Gasteiger partial charge in [0.05, 0.1) is 0 Å². The molecule has 0 radical (unpaired) electrons. The van der Waals surface area contributed by atoms with Gasteiger partial charge in [-0.1, -0.05) is 0 Å². The Kier molecular flexibility index (Phi) is 1.97. The number of hydrogen-bond donors (Lipinski definition) is 0. The minimum atomic E-state index is 0.638. The first-order valence-electron chi connectivity index (χ1n) is 3.04. The van der Waals surface area contributed by atoms with Crippen LogP contribution in [0, 0.1) is 0 Å². The Bertz CT molecular complexity index is 247. The van der Waals surface area contributed by atoms with Gasteiger partial charge >= 0.3 is 72.0 Å². The fourth-order valence-electron chi connectivity index (χ4n) is 0.838. The average Bonchev–Trinajstić information content (AvgIpc) is 2.59. The Morgan fingerprint density at radius 2 is 1.30 bits per heavy atom. The summed E-state index contributed by atoms with van der Waals surface area (Å²) < 4.78 is 3.16. The number of hydrogen-bond acceptors (Lipinski definition) is 0. The van der Waals surface area contributed by atoms with Crippen molar-refractivity contribution in [1.82, 2.24) is 0 Å². The van der Waals surface area contributed by atoms with Gasteiger partial charge in [-0.3, -0.25) is 0 Å². The summed E-state index contributed by atoms with van der Waals surface area (Å²) in [6, 6.07) is 8.84. The van der Waals surface area contributed by atoms with Crippen molar-refractivity contribution in [3.05, 3.63) is 34.1 Å². The molecule has 0 fully saturated rings. The van der Waals surface area contributed by atoms with Crippen molar-refractivity contribution in [2.75, 3.05) is 0 Å². The SMILES string of the molecule is c1c[se]c(-c2ccc[se]2)c1. The summed E-state index contributed by atoms with van der Waals surface area (Å²) in [5.74, 6) is 0. The molecule has 0 atom stereocenters. The Labute approximate surface area is 72.0 Å². The minimum absolute atomic E-state index is 0.638. The van der Waals surface area contributed by atoms with Gasteiger partial charge in [0.15, 0.2) is 0 Å². The van der Waals surface area contributed by atoms with Gasteiger partial charge in [-0.15, -0.1) is 0 Å². The van der Waals surface area contributed by atoms with E-state index in [1.54, 1.807) is 8.87 Å². The molecule has 2 heteroatoms. The molecule has 0 spiro atoms. The van der Waals surface area contributed by atoms with Crippen LogP contribution in [-0.2, 0) is 0 Å². The molecule has 0 aliphatic carbocycles. The summed E-state index contributed by atoms with van der Waals surface area (Å²) in [7, 11) is 0. The van der Waals surface area contributed by atoms with E-state index in [0.29, 0.717) is 29.0 Å². The first-order chi connectivity index (χ1) is 4.97. The van der Waals surface area contributed by atoms with Crippen molar-refractivity contribution in [3.8, 4) is 8.87 Å². The van der Waals surface area contributed by atoms with Crippen LogP contribution in [-0.4, -0.2) is 29.0 Å². The van der Waals surface area contributed by atoms with Crippen molar-refractivity contribution < 1.29 is 0 Å². The Balaban J connectivity index is 2.48. The third kappa shape index (κ3) is 1.21. The molecular formula is C8H6Se2. The van der Waals surface area contributed by atoms with Crippen molar-refractivity contribution in [1.29, 1.82) is 0 Å². The molecule has 50 valence electrons. The van der Waals surface area contributed by atoms with Crippen LogP contribution >= 0.6 is 0 Å². The van der Waals surface area contributed by atoms with Crippen LogP contribution in [0.5, 0.6) is 0 Å². The predicted molar refractivity (Wildman–Crippen MR) is 45.8 cm³/mol. The van der Waals surface area contributed by atoms with Gasteiger partial charge in [0.25, 0.3) is 0 Å². The van der Waals surface area contributed by atoms with E-state index in [0.717, 1.165) is 0 Å². The maximum absolute atomic E-state index is 2.28. The Morgan fingerprint density at radius 1 is 0.800 bits per heavy atom. The van der Waals surface area contributed by atoms with Gasteiger partial charge < -0.3 is 0 Å². The van der Waals surface area contributed by atoms with E-state index in [1.807, 2.05) is 0 Å². The maximum atomic E-state index is 2.28. The van der Waals surface area contributed by atoms with E-state index in [1.165, 1.54) is 0 Å². The summed E-state index contributed by atoms with van der Waals surface area (Å²) in [5, 5.41) is 0. The first kappa shape index (κ1) is 6.69. The molecule has 0 N–H and O–H groups in total. The average molecular weight is 260 g/mol. The van der Waals surface area contributed by atoms with Crippen LogP contribution in [0.15, 0.2) is 34.1 Å². The second kappa shape index (κ2) is 2.94. The van der Waals surface area contributed by atoms with Crippen LogP contribution < -0.4 is 0 Å². The van der Waals surface area contributed by atoms with Crippen LogP contribution in [0.3, 0.4) is 0 Å². The standard InChI is InChI=1S/C8H6Se2/c1-3-7(9-5-1)8-4-2-6-10-8/h1-6H. The van der Waals surface area contributed by atoms with E-state index < -0.39 is 0 Å². The molecule has 0 amide bonds. The van der Waals surface area contributed by atoms with Crippen molar-refractivity contribution in [3.63, 3.8) is 0 Å². The molecule has 0 unspecified atom stereocenters. The molecule has 0 aliphatic heterocycles. The molecule has 0 bridgehead atoms. The second-order valence-electron chi connectivity index (χ2n) is 1.95. The topological polar surface area (TPSA) is 0 Å². The van der Waals surface area contributed by atoms with Crippen molar-refractivity contribution >= 4 is 29.0 Å². The van der Waals surface area contributed by atoms with Gasteiger partial charge in [-0.25, -0.2) is 0 Å². The van der Waals surface area contributed by atoms with Crippen LogP contribution in [0.2, 0.25) is 0 Å². The van der Waals surface area contributed by atoms with E-state index in [4.69, 9.17) is 0 Å². The zero-order valence-electron chi connectivity index (χ0n) is 5.28. The normalized spacial score (nSPS) is 10.0. The van der Waals surface area contributed by atoms with E-state index in [-0.39, 0.29) is 0 Å². The fraction of sp³-hybridized carbons (Fsp3) is 0. The van der Waals surface area contributed by atoms with Crippen molar-refractivity contribution in [2.45, 2.75) is 0 Å². The molecule has 0 saturated carbocycles. The molecular weight excluding hydrogens is 254 g/mol. The van der Waals surface area contributed by atoms with Gasteiger partial charge in [0.2, 0.25) is 0 Å². The van der Waals surface area contributed by atoms with Crippen LogP contribution in [0.25, 0.3) is 8.87 Å². The Hall–Kier alpha value is -0.00104. The third-order valence-electron chi connectivity index (χ3n) is 1.29. The molecule has 2 aromatic heterocycles. The zero-order chi connectivity index (χ0) is 6.81. The first-order valence-corrected chi connectivity index (χ1v) is 6.73. The zero-order valence-corrected chi connectivity index (χ0v) is 8.71. The summed E-state index contributed by atoms with van der Waals surface area (Å²) in [6.45, 7) is 0. The van der Waals surface area contributed by atoms with Gasteiger partial charge in [0, 0.05) is 0 Å². The molecule has 10 heavy (non-hydrogen) atoms. The molecule has 0 aliphatic rings. The molecule has 0 aromatic carbocycles. The predicted octanol–water partition coefficient (Wildman–Crippen LogP) is 1.47. The van der Waals surface area contributed by atoms with Crippen LogP contribution in [0.4, 0.5) is 0 Å². The van der Waals surface area contributed by atoms with Gasteiger partial charge in [-0.05, 0) is 0 Å². The van der Waals surface area contributed by atoms with Crippen molar-refractivity contribution in [2.24, 2.45) is 0 Å². The van der Waals surface area contributed by atoms with Gasteiger partial charge in [-0.2, -0.15) is 0 Å². The molecule has 0 nitrogen and oxygen atoms in total. The monoisotopic (exact) mass is 262 g/mol. The molecule has 2 heterocycles. The van der Waals surface area contributed by atoms with Gasteiger partial charge in [0.1, 0.15) is 0 Å². The summed E-state index contributed by atoms with van der Waals surface area (Å²) in [6.07, 6.45) is 0. The van der Waals surface area contributed by atoms with Crippen LogP contribution in [0.1, 0.15) is 0 Å². The quantitative estimate of drug-likeness (QED) is 0.681. The number of rotatable bonds is 1. The van der Waals surface area contributed by atoms with E-state index >= 15 is 0 Å². The molecule has 2 rings (SSSR count). The molecule has 0 saturated heterocycles. The third-order valence-corrected chi connectivity index (χ3v) is 5.73. The summed E-state index contributed by atoms with van der Waals surface area (Å²) >= 11 is 1.28. The van der Waals surface area contributed by atoms with E-state index in [9.17, 15) is 0 Å².